The Morgan fingerprint density at radius 2 is 1.88 bits per heavy atom. The fourth-order valence-corrected chi connectivity index (χ4v) is 3.16. The maximum atomic E-state index is 12.0. The molecule has 0 N–H and O–H groups in total. The third-order valence-electron chi connectivity index (χ3n) is 4.10. The van der Waals surface area contributed by atoms with Crippen molar-refractivity contribution < 1.29 is 9.59 Å². The smallest absolute Gasteiger partial charge is 0.256 e. The molecule has 2 rings (SSSR count). The van der Waals surface area contributed by atoms with Gasteiger partial charge in [-0.05, 0) is 31.6 Å². The molecular weight excluding hydrogens is 214 g/mol. The lowest BCUT2D eigenvalue weighted by Crippen LogP contribution is -2.47. The zero-order valence-electron chi connectivity index (χ0n) is 10.9. The lowest BCUT2D eigenvalue weighted by molar-refractivity contribution is -0.142. The van der Waals surface area contributed by atoms with Crippen LogP contribution in [0.5, 0.6) is 0 Å². The van der Waals surface area contributed by atoms with E-state index in [0.29, 0.717) is 17.4 Å². The molecule has 1 fully saturated rings. The highest BCUT2D eigenvalue weighted by molar-refractivity contribution is 6.16. The molecule has 17 heavy (non-hydrogen) atoms. The van der Waals surface area contributed by atoms with Crippen molar-refractivity contribution in [2.75, 3.05) is 0 Å². The molecule has 0 aromatic carbocycles. The topological polar surface area (TPSA) is 37.4 Å². The summed E-state index contributed by atoms with van der Waals surface area (Å²) in [5, 5.41) is 0. The number of nitrogens with zero attached hydrogens (tertiary/aromatic N) is 1. The van der Waals surface area contributed by atoms with Crippen LogP contribution in [0.2, 0.25) is 0 Å². The average molecular weight is 235 g/mol. The maximum absolute atomic E-state index is 12.0. The van der Waals surface area contributed by atoms with E-state index >= 15 is 0 Å². The van der Waals surface area contributed by atoms with Gasteiger partial charge < -0.3 is 0 Å². The van der Waals surface area contributed by atoms with Crippen LogP contribution in [-0.4, -0.2) is 22.8 Å². The van der Waals surface area contributed by atoms with Gasteiger partial charge >= 0.3 is 0 Å². The average Bonchev–Trinajstić information content (AvgIpc) is 2.53. The van der Waals surface area contributed by atoms with Gasteiger partial charge in [-0.15, -0.1) is 0 Å². The highest BCUT2D eigenvalue weighted by Gasteiger charge is 2.40. The molecule has 94 valence electrons. The molecule has 0 saturated heterocycles. The first-order chi connectivity index (χ1) is 8.02. The van der Waals surface area contributed by atoms with E-state index in [0.717, 1.165) is 19.3 Å². The summed E-state index contributed by atoms with van der Waals surface area (Å²) in [6, 6.07) is 0.123. The fourth-order valence-electron chi connectivity index (χ4n) is 3.16. The Hall–Kier alpha value is -1.12. The van der Waals surface area contributed by atoms with Crippen molar-refractivity contribution in [1.29, 1.82) is 0 Å². The summed E-state index contributed by atoms with van der Waals surface area (Å²) in [6.45, 7) is 6.11. The molecule has 1 aliphatic heterocycles. The predicted octanol–water partition coefficient (Wildman–Crippen LogP) is 2.52. The number of amides is 2. The second-order valence-electron chi connectivity index (χ2n) is 5.60. The highest BCUT2D eigenvalue weighted by Crippen LogP contribution is 2.35. The van der Waals surface area contributed by atoms with E-state index in [1.54, 1.807) is 6.92 Å². The largest absolute Gasteiger partial charge is 0.272 e. The van der Waals surface area contributed by atoms with Crippen LogP contribution in [0.1, 0.15) is 46.5 Å². The third kappa shape index (κ3) is 2.15. The quantitative estimate of drug-likeness (QED) is 0.690. The van der Waals surface area contributed by atoms with Crippen LogP contribution in [0, 0.1) is 11.8 Å². The normalized spacial score (nSPS) is 30.1. The van der Waals surface area contributed by atoms with Gasteiger partial charge in [0.25, 0.3) is 11.8 Å². The standard InChI is InChI=1S/C14H21NO2/c1-9(2)11-6-4-5-7-12(11)15-13(16)8-10(3)14(15)17/h8-9,11-12H,4-7H2,1-3H3. The summed E-state index contributed by atoms with van der Waals surface area (Å²) in [4.78, 5) is 25.4. The molecule has 0 spiro atoms. The molecule has 1 saturated carbocycles. The summed E-state index contributed by atoms with van der Waals surface area (Å²) < 4.78 is 0. The number of hydrogen-bond acceptors (Lipinski definition) is 2. The van der Waals surface area contributed by atoms with E-state index < -0.39 is 0 Å². The Morgan fingerprint density at radius 3 is 2.41 bits per heavy atom. The van der Waals surface area contributed by atoms with E-state index in [1.807, 2.05) is 0 Å². The molecule has 2 aliphatic rings. The number of hydrogen-bond donors (Lipinski definition) is 0. The van der Waals surface area contributed by atoms with E-state index in [9.17, 15) is 9.59 Å². The fraction of sp³-hybridized carbons (Fsp3) is 0.714. The second kappa shape index (κ2) is 4.63. The second-order valence-corrected chi connectivity index (χ2v) is 5.60. The Morgan fingerprint density at radius 1 is 1.24 bits per heavy atom. The molecular formula is C14H21NO2. The van der Waals surface area contributed by atoms with Crippen LogP contribution in [0.3, 0.4) is 0 Å². The van der Waals surface area contributed by atoms with Gasteiger partial charge in [0.1, 0.15) is 0 Å². The highest BCUT2D eigenvalue weighted by atomic mass is 16.2. The molecule has 2 unspecified atom stereocenters. The minimum absolute atomic E-state index is 0.0763. The van der Waals surface area contributed by atoms with Crippen molar-refractivity contribution in [2.24, 2.45) is 11.8 Å². The van der Waals surface area contributed by atoms with E-state index in [-0.39, 0.29) is 17.9 Å². The van der Waals surface area contributed by atoms with Gasteiger partial charge in [0.15, 0.2) is 0 Å². The van der Waals surface area contributed by atoms with Crippen molar-refractivity contribution in [3.63, 3.8) is 0 Å². The molecule has 0 aromatic rings. The van der Waals surface area contributed by atoms with E-state index in [2.05, 4.69) is 13.8 Å². The lowest BCUT2D eigenvalue weighted by Gasteiger charge is -2.39. The molecule has 0 bridgehead atoms. The van der Waals surface area contributed by atoms with Crippen molar-refractivity contribution in [3.05, 3.63) is 11.6 Å². The van der Waals surface area contributed by atoms with Crippen LogP contribution in [0.25, 0.3) is 0 Å². The van der Waals surface area contributed by atoms with Gasteiger partial charge in [-0.1, -0.05) is 26.7 Å². The Bertz CT molecular complexity index is 370. The van der Waals surface area contributed by atoms with Crippen LogP contribution < -0.4 is 0 Å². The van der Waals surface area contributed by atoms with Gasteiger partial charge in [0.05, 0.1) is 0 Å². The molecule has 3 nitrogen and oxygen atoms in total. The zero-order chi connectivity index (χ0) is 12.6. The molecule has 3 heteroatoms. The summed E-state index contributed by atoms with van der Waals surface area (Å²) in [7, 11) is 0. The summed E-state index contributed by atoms with van der Waals surface area (Å²) in [5.74, 6) is 0.815. The monoisotopic (exact) mass is 235 g/mol. The first kappa shape index (κ1) is 12.3. The van der Waals surface area contributed by atoms with Gasteiger partial charge in [0.2, 0.25) is 0 Å². The number of carbonyl (C=O) groups is 2. The first-order valence-corrected chi connectivity index (χ1v) is 6.58. The molecule has 0 aromatic heterocycles. The van der Waals surface area contributed by atoms with Crippen molar-refractivity contribution in [3.8, 4) is 0 Å². The SMILES string of the molecule is CC1=CC(=O)N(C2CCCCC2C(C)C)C1=O. The van der Waals surface area contributed by atoms with Gasteiger partial charge in [0, 0.05) is 17.7 Å². The van der Waals surface area contributed by atoms with Crippen LogP contribution in [0.15, 0.2) is 11.6 Å². The summed E-state index contributed by atoms with van der Waals surface area (Å²) in [5.41, 5.74) is 0.586. The molecule has 1 heterocycles. The zero-order valence-corrected chi connectivity index (χ0v) is 10.9. The molecule has 2 atom stereocenters. The summed E-state index contributed by atoms with van der Waals surface area (Å²) >= 11 is 0. The lowest BCUT2D eigenvalue weighted by atomic mass is 9.77. The Labute approximate surface area is 103 Å². The van der Waals surface area contributed by atoms with Gasteiger partial charge in [-0.25, -0.2) is 0 Å². The first-order valence-electron chi connectivity index (χ1n) is 6.58. The van der Waals surface area contributed by atoms with Crippen molar-refractivity contribution in [1.82, 2.24) is 4.90 Å². The Kier molecular flexibility index (Phi) is 3.36. The van der Waals surface area contributed by atoms with E-state index in [1.165, 1.54) is 17.4 Å². The van der Waals surface area contributed by atoms with E-state index in [4.69, 9.17) is 0 Å². The van der Waals surface area contributed by atoms with Gasteiger partial charge in [-0.2, -0.15) is 0 Å². The van der Waals surface area contributed by atoms with Gasteiger partial charge in [-0.3, -0.25) is 14.5 Å². The number of rotatable bonds is 2. The molecule has 0 radical (unpaired) electrons. The number of carbonyl (C=O) groups excluding carboxylic acids is 2. The van der Waals surface area contributed by atoms with Crippen LogP contribution >= 0.6 is 0 Å². The summed E-state index contributed by atoms with van der Waals surface area (Å²) in [6.07, 6.45) is 5.94. The molecule has 1 aliphatic carbocycles. The molecule has 2 amide bonds. The van der Waals surface area contributed by atoms with Crippen molar-refractivity contribution >= 4 is 11.8 Å². The third-order valence-corrected chi connectivity index (χ3v) is 4.10. The number of imide groups is 1. The Balaban J connectivity index is 2.21. The predicted molar refractivity (Wildman–Crippen MR) is 66.2 cm³/mol. The van der Waals surface area contributed by atoms with Crippen molar-refractivity contribution in [2.45, 2.75) is 52.5 Å². The maximum Gasteiger partial charge on any atom is 0.256 e. The van der Waals surface area contributed by atoms with Crippen LogP contribution in [0.4, 0.5) is 0 Å². The minimum atomic E-state index is -0.106. The minimum Gasteiger partial charge on any atom is -0.272 e. The van der Waals surface area contributed by atoms with Crippen LogP contribution in [-0.2, 0) is 9.59 Å².